The number of methoxy groups -OCH3 is 1. The van der Waals surface area contributed by atoms with E-state index < -0.39 is 5.97 Å². The molecule has 2 heterocycles. The highest BCUT2D eigenvalue weighted by atomic mass is 35.5. The first kappa shape index (κ1) is 13.7. The molecule has 1 N–H and O–H groups in total. The Morgan fingerprint density at radius 2 is 2.21 bits per heavy atom. The molecule has 0 atom stereocenters. The lowest BCUT2D eigenvalue weighted by Crippen LogP contribution is -2.05. The van der Waals surface area contributed by atoms with Gasteiger partial charge < -0.3 is 14.5 Å². The normalized spacial score (nSPS) is 10.7. The van der Waals surface area contributed by atoms with E-state index in [1.165, 1.54) is 7.11 Å². The Kier molecular flexibility index (Phi) is 3.95. The molecule has 2 aromatic heterocycles. The van der Waals surface area contributed by atoms with Crippen molar-refractivity contribution in [3.05, 3.63) is 22.5 Å². The second-order valence-corrected chi connectivity index (χ2v) is 4.31. The molecular formula is C13H15ClN2O3. The molecule has 0 aromatic carbocycles. The predicted molar refractivity (Wildman–Crippen MR) is 73.0 cm³/mol. The van der Waals surface area contributed by atoms with E-state index in [-0.39, 0.29) is 5.69 Å². The lowest BCUT2D eigenvalue weighted by Gasteiger charge is -2.03. The van der Waals surface area contributed by atoms with Crippen LogP contribution in [-0.2, 0) is 11.2 Å². The number of hydrogen-bond acceptors (Lipinski definition) is 4. The van der Waals surface area contributed by atoms with Gasteiger partial charge >= 0.3 is 5.97 Å². The van der Waals surface area contributed by atoms with E-state index in [4.69, 9.17) is 21.1 Å². The Morgan fingerprint density at radius 3 is 2.79 bits per heavy atom. The highest BCUT2D eigenvalue weighted by Gasteiger charge is 2.22. The Morgan fingerprint density at radius 1 is 1.47 bits per heavy atom. The summed E-state index contributed by atoms with van der Waals surface area (Å²) in [5.74, 6) is -0.0718. The van der Waals surface area contributed by atoms with Crippen molar-refractivity contribution in [3.8, 4) is 5.88 Å². The Hall–Kier alpha value is -1.75. The molecule has 0 amide bonds. The van der Waals surface area contributed by atoms with Crippen molar-refractivity contribution in [1.29, 1.82) is 0 Å². The number of carbonyl (C=O) groups excluding carboxylic acids is 1. The zero-order valence-electron chi connectivity index (χ0n) is 11.0. The number of aromatic amines is 1. The monoisotopic (exact) mass is 282 g/mol. The minimum Gasteiger partial charge on any atom is -0.479 e. The number of aromatic nitrogens is 2. The number of nitrogens with zero attached hydrogens (tertiary/aromatic N) is 1. The lowest BCUT2D eigenvalue weighted by molar-refractivity contribution is 0.0521. The van der Waals surface area contributed by atoms with Crippen LogP contribution in [0.2, 0.25) is 5.02 Å². The molecule has 0 saturated carbocycles. The highest BCUT2D eigenvalue weighted by molar-refractivity contribution is 6.39. The van der Waals surface area contributed by atoms with Crippen molar-refractivity contribution in [2.75, 3.05) is 13.7 Å². The van der Waals surface area contributed by atoms with Gasteiger partial charge in [-0.05, 0) is 18.9 Å². The van der Waals surface area contributed by atoms with E-state index in [1.54, 1.807) is 13.1 Å². The summed E-state index contributed by atoms with van der Waals surface area (Å²) >= 11 is 6.29. The third kappa shape index (κ3) is 2.26. The first-order chi connectivity index (χ1) is 9.13. The molecular weight excluding hydrogens is 268 g/mol. The molecule has 0 saturated heterocycles. The summed E-state index contributed by atoms with van der Waals surface area (Å²) in [6.45, 7) is 4.03. The van der Waals surface area contributed by atoms with Crippen LogP contribution < -0.4 is 4.74 Å². The molecule has 0 fully saturated rings. The van der Waals surface area contributed by atoms with E-state index in [1.807, 2.05) is 6.92 Å². The first-order valence-electron chi connectivity index (χ1n) is 6.04. The molecule has 0 unspecified atom stereocenters. The van der Waals surface area contributed by atoms with Gasteiger partial charge in [-0.25, -0.2) is 9.78 Å². The van der Waals surface area contributed by atoms with Crippen LogP contribution in [0, 0.1) is 0 Å². The summed E-state index contributed by atoms with van der Waals surface area (Å²) in [5.41, 5.74) is 1.81. The van der Waals surface area contributed by atoms with E-state index in [0.29, 0.717) is 23.0 Å². The van der Waals surface area contributed by atoms with Gasteiger partial charge in [-0.15, -0.1) is 0 Å². The average molecular weight is 283 g/mol. The fourth-order valence-electron chi connectivity index (χ4n) is 1.97. The molecule has 6 heteroatoms. The zero-order chi connectivity index (χ0) is 14.0. The summed E-state index contributed by atoms with van der Waals surface area (Å²) in [6.07, 6.45) is 2.46. The number of esters is 1. The number of halogens is 1. The number of rotatable bonds is 4. The molecule has 0 radical (unpaired) electrons. The van der Waals surface area contributed by atoms with Gasteiger partial charge in [0.15, 0.2) is 0 Å². The lowest BCUT2D eigenvalue weighted by atomic mass is 10.1. The SMILES string of the molecule is CCOC(=O)c1[nH]c2c(OC)ncc(CC)c2c1Cl. The molecule has 0 spiro atoms. The van der Waals surface area contributed by atoms with Crippen molar-refractivity contribution in [2.45, 2.75) is 20.3 Å². The molecule has 0 aliphatic heterocycles. The number of carbonyl (C=O) groups is 1. The van der Waals surface area contributed by atoms with Gasteiger partial charge in [-0.1, -0.05) is 18.5 Å². The second kappa shape index (κ2) is 5.48. The van der Waals surface area contributed by atoms with Crippen LogP contribution in [-0.4, -0.2) is 29.7 Å². The van der Waals surface area contributed by atoms with E-state index in [2.05, 4.69) is 9.97 Å². The van der Waals surface area contributed by atoms with Gasteiger partial charge in [-0.3, -0.25) is 0 Å². The van der Waals surface area contributed by atoms with Gasteiger partial charge in [0.25, 0.3) is 0 Å². The molecule has 5 nitrogen and oxygen atoms in total. The van der Waals surface area contributed by atoms with Crippen LogP contribution in [0.25, 0.3) is 10.9 Å². The topological polar surface area (TPSA) is 64.2 Å². The molecule has 0 aliphatic carbocycles. The van der Waals surface area contributed by atoms with Crippen LogP contribution >= 0.6 is 11.6 Å². The number of nitrogens with one attached hydrogen (secondary N) is 1. The maximum atomic E-state index is 11.8. The predicted octanol–water partition coefficient (Wildman–Crippen LogP) is 2.96. The molecule has 102 valence electrons. The van der Waals surface area contributed by atoms with Crippen molar-refractivity contribution in [2.24, 2.45) is 0 Å². The summed E-state index contributed by atoms with van der Waals surface area (Å²) < 4.78 is 10.2. The van der Waals surface area contributed by atoms with Crippen LogP contribution in [0.1, 0.15) is 29.9 Å². The van der Waals surface area contributed by atoms with Crippen molar-refractivity contribution in [3.63, 3.8) is 0 Å². The maximum absolute atomic E-state index is 11.8. The number of fused-ring (bicyclic) bond motifs is 1. The van der Waals surface area contributed by atoms with Gasteiger partial charge in [0, 0.05) is 11.6 Å². The number of pyridine rings is 1. The second-order valence-electron chi connectivity index (χ2n) is 3.93. The largest absolute Gasteiger partial charge is 0.479 e. The highest BCUT2D eigenvalue weighted by Crippen LogP contribution is 2.34. The van der Waals surface area contributed by atoms with Gasteiger partial charge in [0.2, 0.25) is 5.88 Å². The molecule has 0 aliphatic rings. The van der Waals surface area contributed by atoms with Crippen LogP contribution in [0.5, 0.6) is 5.88 Å². The van der Waals surface area contributed by atoms with Gasteiger partial charge in [-0.2, -0.15) is 0 Å². The van der Waals surface area contributed by atoms with Crippen LogP contribution in [0.3, 0.4) is 0 Å². The molecule has 0 bridgehead atoms. The van der Waals surface area contributed by atoms with Crippen LogP contribution in [0.15, 0.2) is 6.20 Å². The summed E-state index contributed by atoms with van der Waals surface area (Å²) in [4.78, 5) is 19.0. The van der Waals surface area contributed by atoms with Crippen LogP contribution in [0.4, 0.5) is 0 Å². The number of aryl methyl sites for hydroxylation is 1. The molecule has 19 heavy (non-hydrogen) atoms. The van der Waals surface area contributed by atoms with Gasteiger partial charge in [0.05, 0.1) is 18.7 Å². The quantitative estimate of drug-likeness (QED) is 0.876. The average Bonchev–Trinajstić information content (AvgIpc) is 2.76. The number of hydrogen-bond donors (Lipinski definition) is 1. The van der Waals surface area contributed by atoms with E-state index >= 15 is 0 Å². The number of H-pyrrole nitrogens is 1. The first-order valence-corrected chi connectivity index (χ1v) is 6.41. The van der Waals surface area contributed by atoms with Crippen molar-refractivity contribution >= 4 is 28.5 Å². The third-order valence-corrected chi connectivity index (χ3v) is 3.24. The van der Waals surface area contributed by atoms with E-state index in [9.17, 15) is 4.79 Å². The summed E-state index contributed by atoms with van der Waals surface area (Å²) in [5, 5.41) is 1.12. The fourth-order valence-corrected chi connectivity index (χ4v) is 2.31. The maximum Gasteiger partial charge on any atom is 0.356 e. The smallest absolute Gasteiger partial charge is 0.356 e. The third-order valence-electron chi connectivity index (χ3n) is 2.87. The summed E-state index contributed by atoms with van der Waals surface area (Å²) in [7, 11) is 1.52. The Labute approximate surface area is 115 Å². The van der Waals surface area contributed by atoms with E-state index in [0.717, 1.165) is 17.4 Å². The van der Waals surface area contributed by atoms with Crippen molar-refractivity contribution < 1.29 is 14.3 Å². The minimum absolute atomic E-state index is 0.236. The van der Waals surface area contributed by atoms with Crippen molar-refractivity contribution in [1.82, 2.24) is 9.97 Å². The minimum atomic E-state index is -0.479. The molecule has 2 rings (SSSR count). The Balaban J connectivity index is 2.70. The summed E-state index contributed by atoms with van der Waals surface area (Å²) in [6, 6.07) is 0. The fraction of sp³-hybridized carbons (Fsp3) is 0.385. The standard InChI is InChI=1S/C13H15ClN2O3/c1-4-7-6-15-12(18-3)10-8(7)9(14)11(16-10)13(17)19-5-2/h6,16H,4-5H2,1-3H3. The molecule has 2 aromatic rings. The zero-order valence-corrected chi connectivity index (χ0v) is 11.8. The Bertz CT molecular complexity index is 622. The van der Waals surface area contributed by atoms with Gasteiger partial charge in [0.1, 0.15) is 11.2 Å². The number of ether oxygens (including phenoxy) is 2.